The van der Waals surface area contributed by atoms with Gasteiger partial charge in [0.2, 0.25) is 0 Å². The third kappa shape index (κ3) is 6.49. The van der Waals surface area contributed by atoms with E-state index in [9.17, 15) is 0 Å². The highest BCUT2D eigenvalue weighted by atomic mass is 16.5. The molecule has 0 bridgehead atoms. The largest absolute Gasteiger partial charge is 0.383 e. The predicted molar refractivity (Wildman–Crippen MR) is 90.3 cm³/mol. The molecule has 0 atom stereocenters. The third-order valence-electron chi connectivity index (χ3n) is 3.24. The van der Waals surface area contributed by atoms with Crippen molar-refractivity contribution >= 4 is 11.6 Å². The van der Waals surface area contributed by atoms with E-state index in [0.717, 1.165) is 32.1 Å². The molecule has 0 spiro atoms. The number of benzene rings is 1. The number of methoxy groups -OCH3 is 1. The number of hydrogen-bond acceptors (Lipinski definition) is 3. The Labute approximate surface area is 128 Å². The zero-order valence-electron chi connectivity index (χ0n) is 13.6. The lowest BCUT2D eigenvalue weighted by atomic mass is 10.2. The van der Waals surface area contributed by atoms with Crippen molar-refractivity contribution in [3.8, 4) is 0 Å². The lowest BCUT2D eigenvalue weighted by molar-refractivity contribution is 0.203. The Bertz CT molecular complexity index is 434. The van der Waals surface area contributed by atoms with Crippen molar-refractivity contribution in [2.45, 2.75) is 13.8 Å². The van der Waals surface area contributed by atoms with Crippen LogP contribution in [0.3, 0.4) is 0 Å². The number of guanidine groups is 1. The van der Waals surface area contributed by atoms with Crippen molar-refractivity contribution in [3.05, 3.63) is 29.8 Å². The molecule has 0 aromatic heterocycles. The Hall–Kier alpha value is -1.75. The first-order valence-corrected chi connectivity index (χ1v) is 7.46. The van der Waals surface area contributed by atoms with Crippen LogP contribution in [-0.4, -0.2) is 52.9 Å². The fourth-order valence-corrected chi connectivity index (χ4v) is 2.10. The molecular weight excluding hydrogens is 264 g/mol. The van der Waals surface area contributed by atoms with Gasteiger partial charge in [-0.05, 0) is 31.5 Å². The van der Waals surface area contributed by atoms with Crippen LogP contribution in [0.1, 0.15) is 12.5 Å². The van der Waals surface area contributed by atoms with Crippen molar-refractivity contribution in [2.75, 3.05) is 51.8 Å². The van der Waals surface area contributed by atoms with Crippen LogP contribution in [0.25, 0.3) is 0 Å². The highest BCUT2D eigenvalue weighted by molar-refractivity contribution is 5.79. The van der Waals surface area contributed by atoms with Gasteiger partial charge in [-0.25, -0.2) is 0 Å². The predicted octanol–water partition coefficient (Wildman–Crippen LogP) is 1.63. The molecule has 0 aliphatic rings. The van der Waals surface area contributed by atoms with Gasteiger partial charge in [0.1, 0.15) is 0 Å². The zero-order valence-corrected chi connectivity index (χ0v) is 13.6. The molecular formula is C16H28N4O. The average molecular weight is 292 g/mol. The number of likely N-dealkylation sites (N-methyl/N-ethyl adjacent to an activating group) is 1. The molecule has 2 N–H and O–H groups in total. The Balaban J connectivity index is 2.41. The van der Waals surface area contributed by atoms with Crippen molar-refractivity contribution in [2.24, 2.45) is 4.99 Å². The molecule has 0 radical (unpaired) electrons. The SMILES string of the molecule is CCN(CCNC(=NC)NCCOC)c1cccc(C)c1. The average Bonchev–Trinajstić information content (AvgIpc) is 2.50. The number of ether oxygens (including phenoxy) is 1. The summed E-state index contributed by atoms with van der Waals surface area (Å²) in [7, 11) is 3.47. The van der Waals surface area contributed by atoms with E-state index < -0.39 is 0 Å². The first-order valence-electron chi connectivity index (χ1n) is 7.46. The second-order valence-electron chi connectivity index (χ2n) is 4.84. The summed E-state index contributed by atoms with van der Waals surface area (Å²) in [5.74, 6) is 0.812. The second-order valence-corrected chi connectivity index (χ2v) is 4.84. The topological polar surface area (TPSA) is 48.9 Å². The molecule has 0 amide bonds. The van der Waals surface area contributed by atoms with Gasteiger partial charge in [-0.1, -0.05) is 12.1 Å². The van der Waals surface area contributed by atoms with E-state index in [0.29, 0.717) is 6.61 Å². The van der Waals surface area contributed by atoms with Crippen molar-refractivity contribution in [1.82, 2.24) is 10.6 Å². The highest BCUT2D eigenvalue weighted by Gasteiger charge is 2.04. The van der Waals surface area contributed by atoms with Gasteiger partial charge in [0.25, 0.3) is 0 Å². The molecule has 0 heterocycles. The molecule has 5 nitrogen and oxygen atoms in total. The number of nitrogens with one attached hydrogen (secondary N) is 2. The van der Waals surface area contributed by atoms with Gasteiger partial charge in [0, 0.05) is 46.0 Å². The van der Waals surface area contributed by atoms with Gasteiger partial charge in [-0.3, -0.25) is 4.99 Å². The van der Waals surface area contributed by atoms with Crippen LogP contribution in [0.4, 0.5) is 5.69 Å². The lowest BCUT2D eigenvalue weighted by Gasteiger charge is -2.24. The summed E-state index contributed by atoms with van der Waals surface area (Å²) in [6.07, 6.45) is 0. The Morgan fingerprint density at radius 2 is 2.05 bits per heavy atom. The monoisotopic (exact) mass is 292 g/mol. The lowest BCUT2D eigenvalue weighted by Crippen LogP contribution is -2.42. The summed E-state index contributed by atoms with van der Waals surface area (Å²) in [6.45, 7) is 8.49. The number of aliphatic imine (C=N–C) groups is 1. The van der Waals surface area contributed by atoms with E-state index >= 15 is 0 Å². The molecule has 0 aliphatic carbocycles. The first-order chi connectivity index (χ1) is 10.2. The van der Waals surface area contributed by atoms with Crippen LogP contribution in [0.2, 0.25) is 0 Å². The molecule has 1 rings (SSSR count). The number of nitrogens with zero attached hydrogens (tertiary/aromatic N) is 2. The Morgan fingerprint density at radius 1 is 1.29 bits per heavy atom. The van der Waals surface area contributed by atoms with Gasteiger partial charge < -0.3 is 20.3 Å². The van der Waals surface area contributed by atoms with E-state index in [4.69, 9.17) is 4.74 Å². The molecule has 5 heteroatoms. The molecule has 0 aliphatic heterocycles. The van der Waals surface area contributed by atoms with Crippen LogP contribution < -0.4 is 15.5 Å². The first kappa shape index (κ1) is 17.3. The van der Waals surface area contributed by atoms with E-state index in [-0.39, 0.29) is 0 Å². The minimum Gasteiger partial charge on any atom is -0.383 e. The molecule has 21 heavy (non-hydrogen) atoms. The van der Waals surface area contributed by atoms with E-state index in [1.54, 1.807) is 14.2 Å². The van der Waals surface area contributed by atoms with Crippen LogP contribution in [-0.2, 0) is 4.74 Å². The van der Waals surface area contributed by atoms with Crippen molar-refractivity contribution in [1.29, 1.82) is 0 Å². The molecule has 1 aromatic carbocycles. The fraction of sp³-hybridized carbons (Fsp3) is 0.562. The van der Waals surface area contributed by atoms with Crippen molar-refractivity contribution < 1.29 is 4.74 Å². The van der Waals surface area contributed by atoms with E-state index in [1.165, 1.54) is 11.3 Å². The van der Waals surface area contributed by atoms with Gasteiger partial charge in [0.15, 0.2) is 5.96 Å². The minimum absolute atomic E-state index is 0.672. The van der Waals surface area contributed by atoms with Gasteiger partial charge in [-0.15, -0.1) is 0 Å². The second kappa shape index (κ2) is 10.0. The number of anilines is 1. The summed E-state index contributed by atoms with van der Waals surface area (Å²) in [5, 5.41) is 6.53. The maximum Gasteiger partial charge on any atom is 0.191 e. The maximum atomic E-state index is 5.01. The Kier molecular flexibility index (Phi) is 8.28. The molecule has 0 unspecified atom stereocenters. The molecule has 118 valence electrons. The molecule has 0 saturated carbocycles. The molecule has 0 fully saturated rings. The number of hydrogen-bond donors (Lipinski definition) is 2. The normalized spacial score (nSPS) is 11.3. The van der Waals surface area contributed by atoms with E-state index in [2.05, 4.69) is 58.6 Å². The fourth-order valence-electron chi connectivity index (χ4n) is 2.10. The van der Waals surface area contributed by atoms with Crippen LogP contribution in [0.15, 0.2) is 29.3 Å². The minimum atomic E-state index is 0.672. The number of aryl methyl sites for hydroxylation is 1. The van der Waals surface area contributed by atoms with Crippen LogP contribution >= 0.6 is 0 Å². The number of rotatable bonds is 8. The zero-order chi connectivity index (χ0) is 15.5. The van der Waals surface area contributed by atoms with Gasteiger partial charge in [-0.2, -0.15) is 0 Å². The summed E-state index contributed by atoms with van der Waals surface area (Å²) >= 11 is 0. The highest BCUT2D eigenvalue weighted by Crippen LogP contribution is 2.14. The molecule has 0 saturated heterocycles. The van der Waals surface area contributed by atoms with Gasteiger partial charge >= 0.3 is 0 Å². The summed E-state index contributed by atoms with van der Waals surface area (Å²) < 4.78 is 5.01. The van der Waals surface area contributed by atoms with Gasteiger partial charge in [0.05, 0.1) is 6.61 Å². The standard InChI is InChI=1S/C16H28N4O/c1-5-20(15-8-6-7-14(2)13-15)11-9-18-16(17-3)19-10-12-21-4/h6-8,13H,5,9-12H2,1-4H3,(H2,17,18,19). The summed E-state index contributed by atoms with van der Waals surface area (Å²) in [5.41, 5.74) is 2.55. The van der Waals surface area contributed by atoms with Crippen LogP contribution in [0.5, 0.6) is 0 Å². The van der Waals surface area contributed by atoms with Crippen LogP contribution in [0, 0.1) is 6.92 Å². The maximum absolute atomic E-state index is 5.01. The smallest absolute Gasteiger partial charge is 0.191 e. The third-order valence-corrected chi connectivity index (χ3v) is 3.24. The van der Waals surface area contributed by atoms with Crippen molar-refractivity contribution in [3.63, 3.8) is 0 Å². The summed E-state index contributed by atoms with van der Waals surface area (Å²) in [4.78, 5) is 6.54. The Morgan fingerprint density at radius 3 is 2.67 bits per heavy atom. The molecule has 1 aromatic rings. The summed E-state index contributed by atoms with van der Waals surface area (Å²) in [6, 6.07) is 8.60. The van der Waals surface area contributed by atoms with E-state index in [1.807, 2.05) is 0 Å². The quantitative estimate of drug-likeness (QED) is 0.434.